The molecule has 5 nitrogen and oxygen atoms in total. The lowest BCUT2D eigenvalue weighted by atomic mass is 10.2. The highest BCUT2D eigenvalue weighted by Crippen LogP contribution is 2.33. The Bertz CT molecular complexity index is 854. The molecule has 1 aromatic heterocycles. The second-order valence-electron chi connectivity index (χ2n) is 6.73. The fourth-order valence-corrected chi connectivity index (χ4v) is 4.16. The number of nitrogens with one attached hydrogen (secondary N) is 2. The Labute approximate surface area is 158 Å². The van der Waals surface area contributed by atoms with E-state index in [0.29, 0.717) is 17.7 Å². The summed E-state index contributed by atoms with van der Waals surface area (Å²) in [5.74, 6) is 0.667. The largest absolute Gasteiger partial charge is 0.395 e. The van der Waals surface area contributed by atoms with Crippen molar-refractivity contribution in [3.63, 3.8) is 0 Å². The molecule has 0 spiro atoms. The van der Waals surface area contributed by atoms with Gasteiger partial charge in [-0.1, -0.05) is 54.9 Å². The van der Waals surface area contributed by atoms with E-state index in [4.69, 9.17) is 10.7 Å². The van der Waals surface area contributed by atoms with Crippen molar-refractivity contribution < 1.29 is 0 Å². The Morgan fingerprint density at radius 1 is 1.23 bits per heavy atom. The second-order valence-corrected chi connectivity index (χ2v) is 7.61. The fraction of sp³-hybridized carbons (Fsp3) is 0.300. The molecule has 2 heterocycles. The summed E-state index contributed by atoms with van der Waals surface area (Å²) in [6.07, 6.45) is 6.77. The fourth-order valence-electron chi connectivity index (χ4n) is 3.33. The number of thioether (sulfide) groups is 1. The summed E-state index contributed by atoms with van der Waals surface area (Å²) in [7, 11) is 0. The maximum Gasteiger partial charge on any atom is 0.223 e. The number of benzene rings is 1. The van der Waals surface area contributed by atoms with Gasteiger partial charge in [0.2, 0.25) is 5.95 Å². The van der Waals surface area contributed by atoms with E-state index < -0.39 is 0 Å². The van der Waals surface area contributed by atoms with Crippen molar-refractivity contribution in [2.24, 2.45) is 5.73 Å². The molecule has 1 aliphatic carbocycles. The van der Waals surface area contributed by atoms with Gasteiger partial charge in [0, 0.05) is 17.6 Å². The standard InChI is InChI=1S/C20H23N5S/c1-13-11-22-20(23-15-9-5-6-10-15)25-18(13)17(21)19-24-16(12-26-19)14-7-3-2-4-8-14/h2-4,7-8,11-12,15,24H,5-6,9-10,21H2,1H3,(H,22,23,25)/b19-17+. The van der Waals surface area contributed by atoms with Crippen molar-refractivity contribution >= 4 is 29.1 Å². The molecule has 4 rings (SSSR count). The van der Waals surface area contributed by atoms with Crippen LogP contribution in [0.5, 0.6) is 0 Å². The average molecular weight is 366 g/mol. The molecular formula is C20H23N5S. The Kier molecular flexibility index (Phi) is 4.84. The first-order valence-electron chi connectivity index (χ1n) is 9.00. The van der Waals surface area contributed by atoms with E-state index in [9.17, 15) is 0 Å². The van der Waals surface area contributed by atoms with Crippen LogP contribution >= 0.6 is 11.8 Å². The summed E-state index contributed by atoms with van der Waals surface area (Å²) in [4.78, 5) is 9.13. The molecule has 2 aliphatic rings. The Morgan fingerprint density at radius 3 is 2.77 bits per heavy atom. The first-order chi connectivity index (χ1) is 12.7. The first-order valence-corrected chi connectivity index (χ1v) is 9.88. The van der Waals surface area contributed by atoms with Crippen molar-refractivity contribution in [3.8, 4) is 0 Å². The molecule has 6 heteroatoms. The van der Waals surface area contributed by atoms with Crippen LogP contribution < -0.4 is 16.4 Å². The summed E-state index contributed by atoms with van der Waals surface area (Å²) >= 11 is 1.60. The summed E-state index contributed by atoms with van der Waals surface area (Å²) in [6.45, 7) is 1.99. The third-order valence-corrected chi connectivity index (χ3v) is 5.70. The molecule has 134 valence electrons. The smallest absolute Gasteiger partial charge is 0.223 e. The number of aromatic nitrogens is 2. The molecule has 1 saturated carbocycles. The van der Waals surface area contributed by atoms with Gasteiger partial charge in [-0.3, -0.25) is 0 Å². The molecule has 4 N–H and O–H groups in total. The van der Waals surface area contributed by atoms with Gasteiger partial charge in [-0.05, 0) is 30.9 Å². The van der Waals surface area contributed by atoms with Crippen molar-refractivity contribution in [3.05, 3.63) is 63.8 Å². The van der Waals surface area contributed by atoms with Gasteiger partial charge in [0.1, 0.15) is 5.03 Å². The molecule has 0 atom stereocenters. The molecule has 1 aromatic carbocycles. The van der Waals surface area contributed by atoms with Crippen molar-refractivity contribution in [2.45, 2.75) is 38.6 Å². The van der Waals surface area contributed by atoms with E-state index in [-0.39, 0.29) is 0 Å². The third kappa shape index (κ3) is 3.55. The van der Waals surface area contributed by atoms with Crippen LogP contribution in [0.25, 0.3) is 11.4 Å². The zero-order valence-corrected chi connectivity index (χ0v) is 15.6. The maximum absolute atomic E-state index is 6.46. The highest BCUT2D eigenvalue weighted by atomic mass is 32.2. The van der Waals surface area contributed by atoms with Crippen molar-refractivity contribution in [1.82, 2.24) is 15.3 Å². The first kappa shape index (κ1) is 17.0. The molecular weight excluding hydrogens is 342 g/mol. The minimum absolute atomic E-state index is 0.477. The van der Waals surface area contributed by atoms with Gasteiger partial charge < -0.3 is 16.4 Å². The highest BCUT2D eigenvalue weighted by molar-refractivity contribution is 8.06. The molecule has 0 bridgehead atoms. The van der Waals surface area contributed by atoms with E-state index in [0.717, 1.165) is 27.5 Å². The molecule has 0 saturated heterocycles. The molecule has 0 unspecified atom stereocenters. The van der Waals surface area contributed by atoms with E-state index in [1.807, 2.05) is 31.3 Å². The number of aryl methyl sites for hydroxylation is 1. The molecule has 1 aliphatic heterocycles. The Morgan fingerprint density at radius 2 is 2.00 bits per heavy atom. The van der Waals surface area contributed by atoms with Gasteiger partial charge in [-0.2, -0.15) is 0 Å². The van der Waals surface area contributed by atoms with Gasteiger partial charge in [0.15, 0.2) is 0 Å². The van der Waals surface area contributed by atoms with Crippen LogP contribution in [-0.2, 0) is 0 Å². The quantitative estimate of drug-likeness (QED) is 0.759. The minimum Gasteiger partial charge on any atom is -0.395 e. The summed E-state index contributed by atoms with van der Waals surface area (Å²) < 4.78 is 0. The van der Waals surface area contributed by atoms with Crippen molar-refractivity contribution in [1.29, 1.82) is 0 Å². The Hall–Kier alpha value is -2.47. The Balaban J connectivity index is 1.56. The molecule has 0 amide bonds. The van der Waals surface area contributed by atoms with Crippen LogP contribution in [0, 0.1) is 6.92 Å². The van der Waals surface area contributed by atoms with Crippen LogP contribution in [-0.4, -0.2) is 16.0 Å². The SMILES string of the molecule is Cc1cnc(NC2CCCC2)nc1/C(N)=C1/NC(c2ccccc2)=CS1. The molecule has 2 aromatic rings. The lowest BCUT2D eigenvalue weighted by Gasteiger charge is -2.14. The summed E-state index contributed by atoms with van der Waals surface area (Å²) in [5.41, 5.74) is 11.1. The molecule has 26 heavy (non-hydrogen) atoms. The lowest BCUT2D eigenvalue weighted by Crippen LogP contribution is -2.18. The van der Waals surface area contributed by atoms with Gasteiger partial charge in [-0.15, -0.1) is 0 Å². The van der Waals surface area contributed by atoms with Crippen LogP contribution in [0.2, 0.25) is 0 Å². The number of anilines is 1. The predicted octanol–water partition coefficient (Wildman–Crippen LogP) is 4.06. The summed E-state index contributed by atoms with van der Waals surface area (Å²) in [6, 6.07) is 10.7. The zero-order chi connectivity index (χ0) is 17.9. The number of hydrogen-bond donors (Lipinski definition) is 3. The van der Waals surface area contributed by atoms with Crippen molar-refractivity contribution in [2.75, 3.05) is 5.32 Å². The van der Waals surface area contributed by atoms with Gasteiger partial charge >= 0.3 is 0 Å². The number of hydrogen-bond acceptors (Lipinski definition) is 6. The van der Waals surface area contributed by atoms with E-state index >= 15 is 0 Å². The second kappa shape index (κ2) is 7.41. The third-order valence-electron chi connectivity index (χ3n) is 4.79. The minimum atomic E-state index is 0.477. The summed E-state index contributed by atoms with van der Waals surface area (Å²) in [5, 5.41) is 9.87. The zero-order valence-electron chi connectivity index (χ0n) is 14.8. The number of rotatable bonds is 4. The van der Waals surface area contributed by atoms with E-state index in [1.165, 1.54) is 25.7 Å². The maximum atomic E-state index is 6.46. The monoisotopic (exact) mass is 365 g/mol. The van der Waals surface area contributed by atoms with Gasteiger partial charge in [0.25, 0.3) is 0 Å². The van der Waals surface area contributed by atoms with E-state index in [2.05, 4.69) is 33.2 Å². The van der Waals surface area contributed by atoms with Crippen LogP contribution in [0.3, 0.4) is 0 Å². The topological polar surface area (TPSA) is 75.9 Å². The van der Waals surface area contributed by atoms with Crippen LogP contribution in [0.1, 0.15) is 42.5 Å². The number of nitrogens with two attached hydrogens (primary N) is 1. The highest BCUT2D eigenvalue weighted by Gasteiger charge is 2.19. The van der Waals surface area contributed by atoms with Crippen LogP contribution in [0.4, 0.5) is 5.95 Å². The van der Waals surface area contributed by atoms with Crippen LogP contribution in [0.15, 0.2) is 47.0 Å². The lowest BCUT2D eigenvalue weighted by molar-refractivity contribution is 0.743. The van der Waals surface area contributed by atoms with Gasteiger partial charge in [0.05, 0.1) is 17.1 Å². The van der Waals surface area contributed by atoms with E-state index in [1.54, 1.807) is 11.8 Å². The predicted molar refractivity (Wildman–Crippen MR) is 109 cm³/mol. The van der Waals surface area contributed by atoms with Gasteiger partial charge in [-0.25, -0.2) is 9.97 Å². The normalized spacial score (nSPS) is 19.2. The number of nitrogens with zero attached hydrogens (tertiary/aromatic N) is 2. The average Bonchev–Trinajstić information content (AvgIpc) is 3.35. The molecule has 1 fully saturated rings. The molecule has 0 radical (unpaired) electrons.